The van der Waals surface area contributed by atoms with E-state index in [0.29, 0.717) is 24.9 Å². The number of hydrogen-bond donors (Lipinski definition) is 3. The predicted octanol–water partition coefficient (Wildman–Crippen LogP) is 2.69. The number of nitrogen functional groups attached to an aromatic ring is 1. The average molecular weight is 375 g/mol. The Morgan fingerprint density at radius 3 is 2.79 bits per heavy atom. The van der Waals surface area contributed by atoms with Crippen molar-refractivity contribution in [3.05, 3.63) is 60.0 Å². The van der Waals surface area contributed by atoms with Crippen LogP contribution in [-0.2, 0) is 0 Å². The third-order valence-corrected chi connectivity index (χ3v) is 4.06. The van der Waals surface area contributed by atoms with E-state index in [1.54, 1.807) is 24.7 Å². The summed E-state index contributed by atoms with van der Waals surface area (Å²) in [6.45, 7) is 1.14. The van der Waals surface area contributed by atoms with Gasteiger partial charge in [-0.1, -0.05) is 0 Å². The second-order valence-electron chi connectivity index (χ2n) is 5.91. The number of nitroso groups, excluding NO2 is 1. The highest BCUT2D eigenvalue weighted by Crippen LogP contribution is 2.22. The van der Waals surface area contributed by atoms with Gasteiger partial charge in [0.1, 0.15) is 17.2 Å². The zero-order chi connectivity index (χ0) is 19.3. The zero-order valence-corrected chi connectivity index (χ0v) is 14.8. The first-order valence-electron chi connectivity index (χ1n) is 8.57. The lowest BCUT2D eigenvalue weighted by Gasteiger charge is -2.11. The van der Waals surface area contributed by atoms with Crippen molar-refractivity contribution in [3.8, 4) is 11.3 Å². The lowest BCUT2D eigenvalue weighted by molar-refractivity contribution is 0.995. The van der Waals surface area contributed by atoms with E-state index < -0.39 is 0 Å². The van der Waals surface area contributed by atoms with E-state index in [1.807, 2.05) is 28.8 Å². The van der Waals surface area contributed by atoms with Crippen LogP contribution in [0, 0.1) is 4.91 Å². The molecule has 4 aromatic rings. The highest BCUT2D eigenvalue weighted by molar-refractivity contribution is 5.65. The fraction of sp³-hybridized carbons (Fsp3) is 0.111. The smallest absolute Gasteiger partial charge is 0.209 e. The van der Waals surface area contributed by atoms with Crippen LogP contribution in [0.25, 0.3) is 16.9 Å². The number of hydrogen-bond acceptors (Lipinski definition) is 9. The van der Waals surface area contributed by atoms with Crippen LogP contribution in [0.3, 0.4) is 0 Å². The molecule has 0 aliphatic rings. The third-order valence-electron chi connectivity index (χ3n) is 4.06. The predicted molar refractivity (Wildman–Crippen MR) is 107 cm³/mol. The summed E-state index contributed by atoms with van der Waals surface area (Å²) >= 11 is 0. The van der Waals surface area contributed by atoms with Crippen molar-refractivity contribution in [1.29, 1.82) is 0 Å². The van der Waals surface area contributed by atoms with Crippen molar-refractivity contribution in [3.63, 3.8) is 0 Å². The average Bonchev–Trinajstić information content (AvgIpc) is 3.21. The number of nitrogens with zero attached hydrogens (tertiary/aromatic N) is 6. The Bertz CT molecular complexity index is 1110. The molecule has 4 heterocycles. The lowest BCUT2D eigenvalue weighted by Crippen LogP contribution is -2.17. The summed E-state index contributed by atoms with van der Waals surface area (Å²) in [5.74, 6) is 1.33. The molecule has 140 valence electrons. The molecular weight excluding hydrogens is 358 g/mol. The standard InChI is InChI=1S/C18H17N9O/c19-17-13(26-28)3-4-15(25-17)21-6-7-23-18-24-14(12-2-1-5-20-11-12)10-16-22-8-9-27(16)18/h1-5,8-11H,6-7H2,(H,23,24)(H3,19,21,25). The van der Waals surface area contributed by atoms with Crippen LogP contribution in [0.2, 0.25) is 0 Å². The molecule has 0 spiro atoms. The van der Waals surface area contributed by atoms with Gasteiger partial charge in [-0.05, 0) is 29.4 Å². The fourth-order valence-corrected chi connectivity index (χ4v) is 2.72. The van der Waals surface area contributed by atoms with Crippen LogP contribution in [0.1, 0.15) is 0 Å². The molecular formula is C18H17N9O. The van der Waals surface area contributed by atoms with Crippen LogP contribution in [-0.4, -0.2) is 37.4 Å². The summed E-state index contributed by atoms with van der Waals surface area (Å²) in [4.78, 5) is 27.8. The molecule has 0 saturated carbocycles. The van der Waals surface area contributed by atoms with Gasteiger partial charge in [0.2, 0.25) is 5.95 Å². The largest absolute Gasteiger partial charge is 0.382 e. The quantitative estimate of drug-likeness (QED) is 0.331. The maximum atomic E-state index is 10.6. The van der Waals surface area contributed by atoms with Crippen LogP contribution in [0.15, 0.2) is 60.3 Å². The van der Waals surface area contributed by atoms with Crippen LogP contribution in [0.5, 0.6) is 0 Å². The van der Waals surface area contributed by atoms with Gasteiger partial charge in [-0.15, -0.1) is 4.91 Å². The first-order valence-corrected chi connectivity index (χ1v) is 8.57. The second-order valence-corrected chi connectivity index (χ2v) is 5.91. The van der Waals surface area contributed by atoms with Gasteiger partial charge >= 0.3 is 0 Å². The summed E-state index contributed by atoms with van der Waals surface area (Å²) in [5, 5.41) is 9.23. The Labute approximate surface area is 159 Å². The maximum Gasteiger partial charge on any atom is 0.209 e. The molecule has 4 N–H and O–H groups in total. The van der Waals surface area contributed by atoms with Gasteiger partial charge in [0.05, 0.1) is 5.69 Å². The van der Waals surface area contributed by atoms with Crippen molar-refractivity contribution in [2.45, 2.75) is 0 Å². The van der Waals surface area contributed by atoms with Gasteiger partial charge in [0.15, 0.2) is 5.82 Å². The first kappa shape index (κ1) is 17.3. The van der Waals surface area contributed by atoms with E-state index in [4.69, 9.17) is 5.73 Å². The Balaban J connectivity index is 1.46. The summed E-state index contributed by atoms with van der Waals surface area (Å²) in [7, 11) is 0. The molecule has 0 saturated heterocycles. The Hall–Kier alpha value is -4.08. The summed E-state index contributed by atoms with van der Waals surface area (Å²) in [6, 6.07) is 8.92. The van der Waals surface area contributed by atoms with Crippen molar-refractivity contribution in [2.24, 2.45) is 5.18 Å². The number of rotatable bonds is 7. The molecule has 0 atom stereocenters. The molecule has 0 fully saturated rings. The normalized spacial score (nSPS) is 10.7. The van der Waals surface area contributed by atoms with Gasteiger partial charge in [-0.3, -0.25) is 9.38 Å². The Morgan fingerprint density at radius 2 is 2.00 bits per heavy atom. The molecule has 0 unspecified atom stereocenters. The molecule has 0 bridgehead atoms. The number of pyridine rings is 2. The number of aromatic nitrogens is 5. The highest BCUT2D eigenvalue weighted by atomic mass is 16.3. The van der Waals surface area contributed by atoms with Crippen molar-refractivity contribution < 1.29 is 0 Å². The van der Waals surface area contributed by atoms with E-state index >= 15 is 0 Å². The molecule has 28 heavy (non-hydrogen) atoms. The minimum Gasteiger partial charge on any atom is -0.382 e. The third kappa shape index (κ3) is 3.56. The number of nitrogens with two attached hydrogens (primary N) is 1. The number of fused-ring (bicyclic) bond motifs is 1. The molecule has 0 aliphatic carbocycles. The van der Waals surface area contributed by atoms with E-state index in [2.05, 4.69) is 35.7 Å². The summed E-state index contributed by atoms with van der Waals surface area (Å²) in [6.07, 6.45) is 7.06. The van der Waals surface area contributed by atoms with E-state index in [-0.39, 0.29) is 11.5 Å². The first-order chi connectivity index (χ1) is 13.7. The van der Waals surface area contributed by atoms with Crippen LogP contribution in [0.4, 0.5) is 23.3 Å². The maximum absolute atomic E-state index is 10.6. The van der Waals surface area contributed by atoms with E-state index in [0.717, 1.165) is 16.9 Å². The minimum absolute atomic E-state index is 0.0962. The Kier molecular flexibility index (Phi) is 4.74. The molecule has 0 radical (unpaired) electrons. The second kappa shape index (κ2) is 7.66. The van der Waals surface area contributed by atoms with Crippen LogP contribution >= 0.6 is 0 Å². The minimum atomic E-state index is 0.0962. The lowest BCUT2D eigenvalue weighted by atomic mass is 10.2. The van der Waals surface area contributed by atoms with Gasteiger partial charge in [0.25, 0.3) is 0 Å². The van der Waals surface area contributed by atoms with Crippen molar-refractivity contribution in [1.82, 2.24) is 24.3 Å². The molecule has 0 aliphatic heterocycles. The molecule has 10 heteroatoms. The van der Waals surface area contributed by atoms with E-state index in [9.17, 15) is 4.91 Å². The van der Waals surface area contributed by atoms with Gasteiger partial charge in [-0.25, -0.2) is 15.0 Å². The molecule has 4 aromatic heterocycles. The number of nitrogens with one attached hydrogen (secondary N) is 2. The fourth-order valence-electron chi connectivity index (χ4n) is 2.72. The molecule has 0 amide bonds. The zero-order valence-electron chi connectivity index (χ0n) is 14.8. The van der Waals surface area contributed by atoms with Gasteiger partial charge in [-0.2, -0.15) is 0 Å². The summed E-state index contributed by atoms with van der Waals surface area (Å²) < 4.78 is 1.88. The monoisotopic (exact) mass is 375 g/mol. The molecule has 4 rings (SSSR count). The van der Waals surface area contributed by atoms with E-state index in [1.165, 1.54) is 6.07 Å². The Morgan fingerprint density at radius 1 is 1.11 bits per heavy atom. The number of imidazole rings is 1. The van der Waals surface area contributed by atoms with Crippen molar-refractivity contribution in [2.75, 3.05) is 29.5 Å². The molecule has 10 nitrogen and oxygen atoms in total. The number of anilines is 3. The SMILES string of the molecule is Nc1nc(NCCNc2nc(-c3cccnc3)cc3nccn23)ccc1N=O. The molecule has 0 aromatic carbocycles. The summed E-state index contributed by atoms with van der Waals surface area (Å²) in [5.41, 5.74) is 8.28. The topological polar surface area (TPSA) is 135 Å². The van der Waals surface area contributed by atoms with Crippen molar-refractivity contribution >= 4 is 28.9 Å². The van der Waals surface area contributed by atoms with Gasteiger partial charge in [0, 0.05) is 49.5 Å². The highest BCUT2D eigenvalue weighted by Gasteiger charge is 2.08. The van der Waals surface area contributed by atoms with Gasteiger partial charge < -0.3 is 16.4 Å². The van der Waals surface area contributed by atoms with Crippen LogP contribution < -0.4 is 16.4 Å².